The van der Waals surface area contributed by atoms with E-state index in [1.807, 2.05) is 30.3 Å². The molecule has 0 radical (unpaired) electrons. The van der Waals surface area contributed by atoms with Gasteiger partial charge < -0.3 is 10.1 Å². The van der Waals surface area contributed by atoms with E-state index in [0.29, 0.717) is 34.1 Å². The van der Waals surface area contributed by atoms with Crippen LogP contribution in [0.3, 0.4) is 0 Å². The minimum atomic E-state index is 0.383. The summed E-state index contributed by atoms with van der Waals surface area (Å²) in [4.78, 5) is 0. The lowest BCUT2D eigenvalue weighted by molar-refractivity contribution is 0.470. The molecule has 1 N–H and O–H groups in total. The molecule has 0 aliphatic heterocycles. The zero-order valence-electron chi connectivity index (χ0n) is 11.8. The van der Waals surface area contributed by atoms with Crippen LogP contribution < -0.4 is 10.1 Å². The van der Waals surface area contributed by atoms with Gasteiger partial charge in [-0.3, -0.25) is 0 Å². The fraction of sp³-hybridized carbons (Fsp3) is 0.250. The molecule has 2 nitrogen and oxygen atoms in total. The van der Waals surface area contributed by atoms with E-state index in [9.17, 15) is 0 Å². The standard InChI is InChI=1S/C16H16BrCl2NO/c1-10(2)20-9-11-4-3-5-13(18)16(11)21-15-7-6-12(17)8-14(15)19/h3-8,10,20H,9H2,1-2H3. The van der Waals surface area contributed by atoms with Crippen LogP contribution in [-0.2, 0) is 6.54 Å². The highest BCUT2D eigenvalue weighted by atomic mass is 79.9. The first-order valence-electron chi connectivity index (χ1n) is 6.61. The Morgan fingerprint density at radius 1 is 1.14 bits per heavy atom. The Morgan fingerprint density at radius 2 is 1.90 bits per heavy atom. The maximum atomic E-state index is 6.27. The van der Waals surface area contributed by atoms with Crippen LogP contribution in [-0.4, -0.2) is 6.04 Å². The van der Waals surface area contributed by atoms with E-state index in [2.05, 4.69) is 35.1 Å². The Hall–Kier alpha value is -0.740. The Kier molecular flexibility index (Phi) is 5.94. The predicted octanol–water partition coefficient (Wildman–Crippen LogP) is 6.05. The minimum absolute atomic E-state index is 0.383. The smallest absolute Gasteiger partial charge is 0.150 e. The van der Waals surface area contributed by atoms with Gasteiger partial charge in [-0.05, 0) is 24.3 Å². The molecule has 5 heteroatoms. The highest BCUT2D eigenvalue weighted by Gasteiger charge is 2.12. The first-order valence-corrected chi connectivity index (χ1v) is 8.16. The highest BCUT2D eigenvalue weighted by Crippen LogP contribution is 2.37. The zero-order chi connectivity index (χ0) is 15.4. The lowest BCUT2D eigenvalue weighted by Crippen LogP contribution is -2.22. The number of rotatable bonds is 5. The molecule has 0 aliphatic carbocycles. The quantitative estimate of drug-likeness (QED) is 0.673. The highest BCUT2D eigenvalue weighted by molar-refractivity contribution is 9.10. The van der Waals surface area contributed by atoms with E-state index >= 15 is 0 Å². The number of ether oxygens (including phenoxy) is 1. The lowest BCUT2D eigenvalue weighted by atomic mass is 10.2. The molecule has 0 saturated heterocycles. The average Bonchev–Trinajstić information content (AvgIpc) is 2.42. The van der Waals surface area contributed by atoms with Gasteiger partial charge in [-0.25, -0.2) is 0 Å². The SMILES string of the molecule is CC(C)NCc1cccc(Cl)c1Oc1ccc(Br)cc1Cl. The van der Waals surface area contributed by atoms with Crippen molar-refractivity contribution in [3.63, 3.8) is 0 Å². The van der Waals surface area contributed by atoms with Crippen molar-refractivity contribution in [2.24, 2.45) is 0 Å². The number of para-hydroxylation sites is 1. The maximum absolute atomic E-state index is 6.27. The van der Waals surface area contributed by atoms with Gasteiger partial charge in [-0.2, -0.15) is 0 Å². The summed E-state index contributed by atoms with van der Waals surface area (Å²) < 4.78 is 6.84. The van der Waals surface area contributed by atoms with Crippen LogP contribution >= 0.6 is 39.1 Å². The summed E-state index contributed by atoms with van der Waals surface area (Å²) in [6.45, 7) is 4.87. The average molecular weight is 389 g/mol. The molecule has 0 heterocycles. The number of nitrogens with one attached hydrogen (secondary N) is 1. The van der Waals surface area contributed by atoms with Gasteiger partial charge in [0.05, 0.1) is 10.0 Å². The van der Waals surface area contributed by atoms with E-state index in [0.717, 1.165) is 10.0 Å². The van der Waals surface area contributed by atoms with Gasteiger partial charge in [0, 0.05) is 22.6 Å². The summed E-state index contributed by atoms with van der Waals surface area (Å²) in [6.07, 6.45) is 0. The molecule has 21 heavy (non-hydrogen) atoms. The van der Waals surface area contributed by atoms with Gasteiger partial charge in [0.2, 0.25) is 0 Å². The van der Waals surface area contributed by atoms with E-state index < -0.39 is 0 Å². The Labute approximate surface area is 143 Å². The van der Waals surface area contributed by atoms with Crippen LogP contribution in [0.15, 0.2) is 40.9 Å². The fourth-order valence-corrected chi connectivity index (χ4v) is 2.73. The summed E-state index contributed by atoms with van der Waals surface area (Å²) in [5, 5.41) is 4.46. The molecule has 0 fully saturated rings. The summed E-state index contributed by atoms with van der Waals surface area (Å²) >= 11 is 15.8. The van der Waals surface area contributed by atoms with Gasteiger partial charge in [-0.15, -0.1) is 0 Å². The largest absolute Gasteiger partial charge is 0.454 e. The van der Waals surface area contributed by atoms with Crippen molar-refractivity contribution in [1.29, 1.82) is 0 Å². The van der Waals surface area contributed by atoms with Gasteiger partial charge in [-0.1, -0.05) is 65.1 Å². The third-order valence-corrected chi connectivity index (χ3v) is 3.94. The molecule has 2 aromatic rings. The third-order valence-electron chi connectivity index (χ3n) is 2.86. The van der Waals surface area contributed by atoms with Gasteiger partial charge >= 0.3 is 0 Å². The molecule has 0 bridgehead atoms. The van der Waals surface area contributed by atoms with E-state index in [4.69, 9.17) is 27.9 Å². The first-order chi connectivity index (χ1) is 9.97. The molecule has 0 atom stereocenters. The fourth-order valence-electron chi connectivity index (χ4n) is 1.79. The Balaban J connectivity index is 2.29. The van der Waals surface area contributed by atoms with Crippen molar-refractivity contribution in [2.75, 3.05) is 0 Å². The molecule has 0 aromatic heterocycles. The molecular weight excluding hydrogens is 373 g/mol. The van der Waals surface area contributed by atoms with E-state index in [1.165, 1.54) is 0 Å². The molecule has 0 unspecified atom stereocenters. The summed E-state index contributed by atoms with van der Waals surface area (Å²) in [7, 11) is 0. The van der Waals surface area contributed by atoms with Crippen molar-refractivity contribution in [2.45, 2.75) is 26.4 Å². The van der Waals surface area contributed by atoms with Crippen LogP contribution in [0, 0.1) is 0 Å². The topological polar surface area (TPSA) is 21.3 Å². The second kappa shape index (κ2) is 7.50. The van der Waals surface area contributed by atoms with Crippen molar-refractivity contribution in [1.82, 2.24) is 5.32 Å². The van der Waals surface area contributed by atoms with E-state index in [1.54, 1.807) is 6.07 Å². The second-order valence-corrected chi connectivity index (χ2v) is 6.67. The van der Waals surface area contributed by atoms with Gasteiger partial charge in [0.1, 0.15) is 5.75 Å². The van der Waals surface area contributed by atoms with E-state index in [-0.39, 0.29) is 0 Å². The Bertz CT molecular complexity index is 632. The zero-order valence-corrected chi connectivity index (χ0v) is 14.9. The van der Waals surface area contributed by atoms with Crippen LogP contribution in [0.2, 0.25) is 10.0 Å². The van der Waals surface area contributed by atoms with Gasteiger partial charge in [0.25, 0.3) is 0 Å². The van der Waals surface area contributed by atoms with Gasteiger partial charge in [0.15, 0.2) is 5.75 Å². The minimum Gasteiger partial charge on any atom is -0.454 e. The lowest BCUT2D eigenvalue weighted by Gasteiger charge is -2.15. The molecule has 2 aromatic carbocycles. The molecular formula is C16H16BrCl2NO. The second-order valence-electron chi connectivity index (χ2n) is 4.94. The van der Waals surface area contributed by atoms with Crippen LogP contribution in [0.5, 0.6) is 11.5 Å². The number of hydrogen-bond donors (Lipinski definition) is 1. The van der Waals surface area contributed by atoms with Crippen molar-refractivity contribution >= 4 is 39.1 Å². The van der Waals surface area contributed by atoms with Crippen molar-refractivity contribution in [3.05, 3.63) is 56.5 Å². The summed E-state index contributed by atoms with van der Waals surface area (Å²) in [6, 6.07) is 11.6. The molecule has 112 valence electrons. The van der Waals surface area contributed by atoms with Crippen molar-refractivity contribution in [3.8, 4) is 11.5 Å². The van der Waals surface area contributed by atoms with Crippen LogP contribution in [0.25, 0.3) is 0 Å². The number of benzene rings is 2. The Morgan fingerprint density at radius 3 is 2.57 bits per heavy atom. The maximum Gasteiger partial charge on any atom is 0.150 e. The normalized spacial score (nSPS) is 11.0. The van der Waals surface area contributed by atoms with Crippen LogP contribution in [0.1, 0.15) is 19.4 Å². The first kappa shape index (κ1) is 16.6. The monoisotopic (exact) mass is 387 g/mol. The summed E-state index contributed by atoms with van der Waals surface area (Å²) in [5.41, 5.74) is 0.996. The molecule has 0 amide bonds. The molecule has 0 aliphatic rings. The molecule has 2 rings (SSSR count). The molecule has 0 saturated carbocycles. The molecule has 0 spiro atoms. The number of halogens is 3. The number of hydrogen-bond acceptors (Lipinski definition) is 2. The summed E-state index contributed by atoms with van der Waals surface area (Å²) in [5.74, 6) is 1.22. The van der Waals surface area contributed by atoms with Crippen molar-refractivity contribution < 1.29 is 4.74 Å². The predicted molar refractivity (Wildman–Crippen MR) is 92.7 cm³/mol. The van der Waals surface area contributed by atoms with Crippen LogP contribution in [0.4, 0.5) is 0 Å². The third kappa shape index (κ3) is 4.62.